The van der Waals surface area contributed by atoms with Crippen LogP contribution in [0.2, 0.25) is 0 Å². The minimum Gasteiger partial charge on any atom is -0.304 e. The van der Waals surface area contributed by atoms with Crippen molar-refractivity contribution in [1.29, 1.82) is 0 Å². The van der Waals surface area contributed by atoms with Gasteiger partial charge in [-0.05, 0) is 12.5 Å². The zero-order chi connectivity index (χ0) is 11.8. The maximum Gasteiger partial charge on any atom is 0.271 e. The van der Waals surface area contributed by atoms with Gasteiger partial charge in [0.1, 0.15) is 0 Å². The standard InChI is InChI=1S/C13H15N3O/c1-9-12-11(7-14-9)15-16(13(12)17)8-10-5-3-2-4-6-10/h2-6,9,14-15H,7-8H2,1H3. The van der Waals surface area contributed by atoms with E-state index in [-0.39, 0.29) is 11.6 Å². The summed E-state index contributed by atoms with van der Waals surface area (Å²) in [6.07, 6.45) is 0. The largest absolute Gasteiger partial charge is 0.304 e. The first kappa shape index (κ1) is 10.4. The molecule has 0 aliphatic carbocycles. The molecule has 1 aromatic carbocycles. The SMILES string of the molecule is CC1NCc2[nH]n(Cc3ccccc3)c(=O)c21. The number of nitrogens with zero attached hydrogens (tertiary/aromatic N) is 1. The van der Waals surface area contributed by atoms with E-state index in [4.69, 9.17) is 0 Å². The van der Waals surface area contributed by atoms with Gasteiger partial charge < -0.3 is 5.32 Å². The van der Waals surface area contributed by atoms with Gasteiger partial charge in [-0.1, -0.05) is 30.3 Å². The molecule has 0 radical (unpaired) electrons. The van der Waals surface area contributed by atoms with Crippen LogP contribution >= 0.6 is 0 Å². The van der Waals surface area contributed by atoms with Crippen molar-refractivity contribution in [3.63, 3.8) is 0 Å². The van der Waals surface area contributed by atoms with Crippen molar-refractivity contribution in [2.75, 3.05) is 0 Å². The molecule has 0 fully saturated rings. The predicted octanol–water partition coefficient (Wildman–Crippen LogP) is 1.39. The van der Waals surface area contributed by atoms with Gasteiger partial charge in [0, 0.05) is 12.6 Å². The van der Waals surface area contributed by atoms with Crippen LogP contribution in [-0.2, 0) is 13.1 Å². The van der Waals surface area contributed by atoms with E-state index < -0.39 is 0 Å². The summed E-state index contributed by atoms with van der Waals surface area (Å²) in [5.74, 6) is 0. The third kappa shape index (κ3) is 1.70. The van der Waals surface area contributed by atoms with Gasteiger partial charge in [-0.3, -0.25) is 9.89 Å². The fraction of sp³-hybridized carbons (Fsp3) is 0.308. The van der Waals surface area contributed by atoms with Crippen LogP contribution in [-0.4, -0.2) is 9.78 Å². The van der Waals surface area contributed by atoms with Gasteiger partial charge in [0.05, 0.1) is 17.8 Å². The topological polar surface area (TPSA) is 49.8 Å². The maximum absolute atomic E-state index is 12.2. The summed E-state index contributed by atoms with van der Waals surface area (Å²) in [7, 11) is 0. The van der Waals surface area contributed by atoms with E-state index in [0.29, 0.717) is 6.54 Å². The van der Waals surface area contributed by atoms with Crippen LogP contribution in [0.25, 0.3) is 0 Å². The van der Waals surface area contributed by atoms with E-state index in [0.717, 1.165) is 23.4 Å². The summed E-state index contributed by atoms with van der Waals surface area (Å²) >= 11 is 0. The van der Waals surface area contributed by atoms with Crippen LogP contribution in [0, 0.1) is 0 Å². The third-order valence-corrected chi connectivity index (χ3v) is 3.27. The second-order valence-corrected chi connectivity index (χ2v) is 4.48. The molecule has 4 nitrogen and oxygen atoms in total. The van der Waals surface area contributed by atoms with Gasteiger partial charge in [0.2, 0.25) is 0 Å². The Labute approximate surface area is 99.3 Å². The summed E-state index contributed by atoms with van der Waals surface area (Å²) < 4.78 is 1.69. The first-order valence-electron chi connectivity index (χ1n) is 5.84. The van der Waals surface area contributed by atoms with E-state index >= 15 is 0 Å². The number of aromatic amines is 1. The van der Waals surface area contributed by atoms with Gasteiger partial charge in [-0.25, -0.2) is 4.68 Å². The molecule has 1 aliphatic rings. The molecule has 17 heavy (non-hydrogen) atoms. The molecule has 1 aromatic heterocycles. The zero-order valence-corrected chi connectivity index (χ0v) is 9.73. The number of hydrogen-bond donors (Lipinski definition) is 2. The minimum absolute atomic E-state index is 0.0985. The van der Waals surface area contributed by atoms with Crippen molar-refractivity contribution in [1.82, 2.24) is 15.1 Å². The second-order valence-electron chi connectivity index (χ2n) is 4.48. The van der Waals surface area contributed by atoms with E-state index in [9.17, 15) is 4.79 Å². The van der Waals surface area contributed by atoms with Crippen LogP contribution in [0.15, 0.2) is 35.1 Å². The van der Waals surface area contributed by atoms with Crippen molar-refractivity contribution in [3.8, 4) is 0 Å². The molecule has 0 bridgehead atoms. The van der Waals surface area contributed by atoms with Crippen molar-refractivity contribution in [2.45, 2.75) is 26.1 Å². The molecule has 88 valence electrons. The van der Waals surface area contributed by atoms with Crippen molar-refractivity contribution in [3.05, 3.63) is 57.5 Å². The highest BCUT2D eigenvalue weighted by Gasteiger charge is 2.24. The Kier molecular flexibility index (Phi) is 2.37. The number of benzene rings is 1. The Morgan fingerprint density at radius 2 is 2.12 bits per heavy atom. The molecule has 2 heterocycles. The second kappa shape index (κ2) is 3.89. The normalized spacial score (nSPS) is 18.3. The van der Waals surface area contributed by atoms with Gasteiger partial charge in [0.25, 0.3) is 5.56 Å². The quantitative estimate of drug-likeness (QED) is 0.817. The molecule has 3 rings (SSSR count). The third-order valence-electron chi connectivity index (χ3n) is 3.27. The molecule has 0 amide bonds. The average Bonchev–Trinajstić information content (AvgIpc) is 2.84. The van der Waals surface area contributed by atoms with Crippen LogP contribution in [0.5, 0.6) is 0 Å². The Balaban J connectivity index is 1.96. The fourth-order valence-electron chi connectivity index (χ4n) is 2.36. The highest BCUT2D eigenvalue weighted by atomic mass is 16.1. The number of H-pyrrole nitrogens is 1. The van der Waals surface area contributed by atoms with Crippen LogP contribution in [0.1, 0.15) is 29.8 Å². The highest BCUT2D eigenvalue weighted by molar-refractivity contribution is 5.26. The Morgan fingerprint density at radius 1 is 1.35 bits per heavy atom. The minimum atomic E-state index is 0.0985. The number of rotatable bonds is 2. The van der Waals surface area contributed by atoms with E-state index in [1.165, 1.54) is 0 Å². The molecule has 0 saturated carbocycles. The van der Waals surface area contributed by atoms with Crippen LogP contribution in [0.4, 0.5) is 0 Å². The lowest BCUT2D eigenvalue weighted by Gasteiger charge is -2.04. The Morgan fingerprint density at radius 3 is 2.82 bits per heavy atom. The molecule has 1 unspecified atom stereocenters. The van der Waals surface area contributed by atoms with Crippen molar-refractivity contribution >= 4 is 0 Å². The van der Waals surface area contributed by atoms with E-state index in [1.54, 1.807) is 4.68 Å². The molecular formula is C13H15N3O. The summed E-state index contributed by atoms with van der Waals surface area (Å²) in [5.41, 5.74) is 3.15. The summed E-state index contributed by atoms with van der Waals surface area (Å²) in [6.45, 7) is 3.39. The lowest BCUT2D eigenvalue weighted by molar-refractivity contribution is 0.583. The van der Waals surface area contributed by atoms with Gasteiger partial charge in [-0.2, -0.15) is 0 Å². The zero-order valence-electron chi connectivity index (χ0n) is 9.73. The van der Waals surface area contributed by atoms with Gasteiger partial charge in [-0.15, -0.1) is 0 Å². The Bertz CT molecular complexity index is 582. The molecule has 0 spiro atoms. The van der Waals surface area contributed by atoms with Crippen LogP contribution < -0.4 is 10.9 Å². The molecule has 4 heteroatoms. The summed E-state index contributed by atoms with van der Waals surface area (Å²) in [5, 5.41) is 6.43. The smallest absolute Gasteiger partial charge is 0.271 e. The maximum atomic E-state index is 12.2. The number of fused-ring (bicyclic) bond motifs is 1. The lowest BCUT2D eigenvalue weighted by atomic mass is 10.2. The molecule has 1 aliphatic heterocycles. The summed E-state index contributed by atoms with van der Waals surface area (Å²) in [4.78, 5) is 12.2. The lowest BCUT2D eigenvalue weighted by Crippen LogP contribution is -2.23. The number of hydrogen-bond acceptors (Lipinski definition) is 2. The molecule has 2 N–H and O–H groups in total. The Hall–Kier alpha value is -1.81. The average molecular weight is 229 g/mol. The van der Waals surface area contributed by atoms with Gasteiger partial charge in [0.15, 0.2) is 0 Å². The van der Waals surface area contributed by atoms with Crippen molar-refractivity contribution in [2.24, 2.45) is 0 Å². The molecule has 0 saturated heterocycles. The van der Waals surface area contributed by atoms with E-state index in [1.807, 2.05) is 37.3 Å². The molecule has 2 aromatic rings. The first-order chi connectivity index (χ1) is 8.25. The number of nitrogens with one attached hydrogen (secondary N) is 2. The predicted molar refractivity (Wildman–Crippen MR) is 65.9 cm³/mol. The van der Waals surface area contributed by atoms with Crippen LogP contribution in [0.3, 0.4) is 0 Å². The molecule has 1 atom stereocenters. The fourth-order valence-corrected chi connectivity index (χ4v) is 2.36. The molecular weight excluding hydrogens is 214 g/mol. The van der Waals surface area contributed by atoms with Crippen molar-refractivity contribution < 1.29 is 0 Å². The highest BCUT2D eigenvalue weighted by Crippen LogP contribution is 2.19. The van der Waals surface area contributed by atoms with Gasteiger partial charge >= 0.3 is 0 Å². The monoisotopic (exact) mass is 229 g/mol. The van der Waals surface area contributed by atoms with E-state index in [2.05, 4.69) is 10.4 Å². The summed E-state index contributed by atoms with van der Waals surface area (Å²) in [6, 6.07) is 10.2. The first-order valence-corrected chi connectivity index (χ1v) is 5.84. The number of aromatic nitrogens is 2.